The molecule has 3 heteroatoms. The number of benzene rings is 1. The summed E-state index contributed by atoms with van der Waals surface area (Å²) in [6.45, 7) is 4.09. The Hall–Kier alpha value is -1.51. The fourth-order valence-electron chi connectivity index (χ4n) is 1.39. The molecule has 1 aromatic carbocycles. The topological polar surface area (TPSA) is 41.6 Å². The van der Waals surface area contributed by atoms with Crippen LogP contribution in [-0.2, 0) is 0 Å². The first kappa shape index (κ1) is 11.6. The molecule has 0 unspecified atom stereocenters. The third kappa shape index (κ3) is 2.98. The van der Waals surface area contributed by atoms with Crippen LogP contribution in [0.5, 0.6) is 0 Å². The van der Waals surface area contributed by atoms with Crippen molar-refractivity contribution < 1.29 is 0 Å². The summed E-state index contributed by atoms with van der Waals surface area (Å²) in [4.78, 5) is 6.41. The van der Waals surface area contributed by atoms with Gasteiger partial charge in [0.25, 0.3) is 0 Å². The molecule has 1 aromatic rings. The first-order valence-electron chi connectivity index (χ1n) is 5.15. The monoisotopic (exact) mass is 205 g/mol. The van der Waals surface area contributed by atoms with E-state index in [1.807, 2.05) is 27.1 Å². The summed E-state index contributed by atoms with van der Waals surface area (Å²) in [7, 11) is 4.05. The Balaban J connectivity index is 3.08. The molecule has 0 aromatic heterocycles. The van der Waals surface area contributed by atoms with Gasteiger partial charge in [-0.05, 0) is 24.6 Å². The van der Waals surface area contributed by atoms with E-state index in [1.54, 1.807) is 0 Å². The molecule has 0 heterocycles. The van der Waals surface area contributed by atoms with Gasteiger partial charge in [0.05, 0.1) is 11.5 Å². The number of aliphatic imine (C=N–C) groups is 1. The second-order valence-corrected chi connectivity index (χ2v) is 3.82. The fourth-order valence-corrected chi connectivity index (χ4v) is 1.39. The summed E-state index contributed by atoms with van der Waals surface area (Å²) in [6.07, 6.45) is 0.783. The Morgan fingerprint density at radius 3 is 2.60 bits per heavy atom. The Morgan fingerprint density at radius 1 is 1.40 bits per heavy atom. The van der Waals surface area contributed by atoms with Crippen LogP contribution in [0, 0.1) is 6.92 Å². The van der Waals surface area contributed by atoms with Crippen LogP contribution in [0.4, 0.5) is 11.4 Å². The lowest BCUT2D eigenvalue weighted by Gasteiger charge is -2.15. The van der Waals surface area contributed by atoms with Crippen LogP contribution in [0.25, 0.3) is 0 Å². The molecule has 0 radical (unpaired) electrons. The van der Waals surface area contributed by atoms with Gasteiger partial charge < -0.3 is 10.6 Å². The Labute approximate surface area is 91.6 Å². The minimum Gasteiger partial charge on any atom is -0.387 e. The van der Waals surface area contributed by atoms with Gasteiger partial charge in [-0.15, -0.1) is 0 Å². The summed E-state index contributed by atoms with van der Waals surface area (Å²) in [5.41, 5.74) is 9.05. The molecule has 0 aliphatic carbocycles. The number of rotatable bonds is 3. The Morgan fingerprint density at radius 2 is 2.07 bits per heavy atom. The largest absolute Gasteiger partial charge is 0.387 e. The highest BCUT2D eigenvalue weighted by Crippen LogP contribution is 2.24. The molecule has 3 nitrogen and oxygen atoms in total. The van der Waals surface area contributed by atoms with E-state index < -0.39 is 0 Å². The number of nitrogens with two attached hydrogens (primary N) is 1. The van der Waals surface area contributed by atoms with Crippen molar-refractivity contribution in [1.82, 2.24) is 0 Å². The van der Waals surface area contributed by atoms with E-state index in [2.05, 4.69) is 28.9 Å². The second-order valence-electron chi connectivity index (χ2n) is 3.82. The molecule has 2 N–H and O–H groups in total. The first-order chi connectivity index (χ1) is 7.04. The summed E-state index contributed by atoms with van der Waals surface area (Å²) >= 11 is 0. The smallest absolute Gasteiger partial charge is 0.0993 e. The second kappa shape index (κ2) is 4.82. The van der Waals surface area contributed by atoms with E-state index in [-0.39, 0.29) is 0 Å². The SMILES string of the molecule is CCC(N)=Nc1ccc(C)c(N(C)C)c1. The van der Waals surface area contributed by atoms with E-state index in [0.29, 0.717) is 5.84 Å². The molecule has 15 heavy (non-hydrogen) atoms. The number of nitrogens with zero attached hydrogens (tertiary/aromatic N) is 2. The minimum atomic E-state index is 0.670. The van der Waals surface area contributed by atoms with Crippen molar-refractivity contribution in [3.8, 4) is 0 Å². The van der Waals surface area contributed by atoms with Crippen LogP contribution < -0.4 is 10.6 Å². The van der Waals surface area contributed by atoms with Crippen LogP contribution >= 0.6 is 0 Å². The quantitative estimate of drug-likeness (QED) is 0.608. The maximum Gasteiger partial charge on any atom is 0.0993 e. The van der Waals surface area contributed by atoms with E-state index in [9.17, 15) is 0 Å². The van der Waals surface area contributed by atoms with E-state index >= 15 is 0 Å². The van der Waals surface area contributed by atoms with Crippen LogP contribution in [0.15, 0.2) is 23.2 Å². The van der Waals surface area contributed by atoms with Crippen molar-refractivity contribution >= 4 is 17.2 Å². The molecule has 0 aliphatic heterocycles. The molecule has 0 saturated heterocycles. The lowest BCUT2D eigenvalue weighted by Crippen LogP contribution is -2.10. The molecule has 0 atom stereocenters. The summed E-state index contributed by atoms with van der Waals surface area (Å²) in [5, 5.41) is 0. The van der Waals surface area contributed by atoms with Crippen molar-refractivity contribution in [3.63, 3.8) is 0 Å². The number of hydrogen-bond acceptors (Lipinski definition) is 2. The van der Waals surface area contributed by atoms with Gasteiger partial charge in [0.1, 0.15) is 0 Å². The normalized spacial score (nSPS) is 11.6. The van der Waals surface area contributed by atoms with E-state index in [0.717, 1.165) is 12.1 Å². The fraction of sp³-hybridized carbons (Fsp3) is 0.417. The Bertz CT molecular complexity index is 367. The van der Waals surface area contributed by atoms with Crippen molar-refractivity contribution in [2.45, 2.75) is 20.3 Å². The van der Waals surface area contributed by atoms with Gasteiger partial charge in [0, 0.05) is 26.2 Å². The van der Waals surface area contributed by atoms with Crippen LogP contribution in [0.2, 0.25) is 0 Å². The standard InChI is InChI=1S/C12H19N3/c1-5-12(13)14-10-7-6-9(2)11(8-10)15(3)4/h6-8H,5H2,1-4H3,(H2,13,14). The number of amidine groups is 1. The average molecular weight is 205 g/mol. The van der Waals surface area contributed by atoms with E-state index in [1.165, 1.54) is 11.3 Å². The van der Waals surface area contributed by atoms with Gasteiger partial charge in [-0.2, -0.15) is 0 Å². The average Bonchev–Trinajstić information content (AvgIpc) is 2.20. The highest BCUT2D eigenvalue weighted by molar-refractivity contribution is 5.83. The molecular weight excluding hydrogens is 186 g/mol. The highest BCUT2D eigenvalue weighted by Gasteiger charge is 2.01. The molecule has 82 valence electrons. The third-order valence-electron chi connectivity index (χ3n) is 2.31. The maximum absolute atomic E-state index is 5.71. The van der Waals surface area contributed by atoms with Crippen molar-refractivity contribution in [2.24, 2.45) is 10.7 Å². The molecule has 1 rings (SSSR count). The summed E-state index contributed by atoms with van der Waals surface area (Å²) in [5.74, 6) is 0.670. The minimum absolute atomic E-state index is 0.670. The molecule has 0 bridgehead atoms. The molecule has 0 spiro atoms. The van der Waals surface area contributed by atoms with Crippen molar-refractivity contribution in [3.05, 3.63) is 23.8 Å². The Kier molecular flexibility index (Phi) is 3.72. The molecule has 0 aliphatic rings. The maximum atomic E-state index is 5.71. The highest BCUT2D eigenvalue weighted by atomic mass is 15.1. The lowest BCUT2D eigenvalue weighted by atomic mass is 10.1. The predicted molar refractivity (Wildman–Crippen MR) is 67.1 cm³/mol. The van der Waals surface area contributed by atoms with Gasteiger partial charge in [-0.3, -0.25) is 0 Å². The molecular formula is C12H19N3. The van der Waals surface area contributed by atoms with E-state index in [4.69, 9.17) is 5.73 Å². The number of hydrogen-bond donors (Lipinski definition) is 1. The zero-order valence-electron chi connectivity index (χ0n) is 9.91. The summed E-state index contributed by atoms with van der Waals surface area (Å²) < 4.78 is 0. The summed E-state index contributed by atoms with van der Waals surface area (Å²) in [6, 6.07) is 6.11. The van der Waals surface area contributed by atoms with Gasteiger partial charge >= 0.3 is 0 Å². The van der Waals surface area contributed by atoms with Crippen molar-refractivity contribution in [1.29, 1.82) is 0 Å². The third-order valence-corrected chi connectivity index (χ3v) is 2.31. The van der Waals surface area contributed by atoms with Crippen molar-refractivity contribution in [2.75, 3.05) is 19.0 Å². The zero-order valence-corrected chi connectivity index (χ0v) is 9.91. The first-order valence-corrected chi connectivity index (χ1v) is 5.15. The zero-order chi connectivity index (χ0) is 11.4. The van der Waals surface area contributed by atoms with Gasteiger partial charge in [-0.25, -0.2) is 4.99 Å². The predicted octanol–water partition coefficient (Wildman–Crippen LogP) is 2.46. The van der Waals surface area contributed by atoms with Crippen LogP contribution in [-0.4, -0.2) is 19.9 Å². The lowest BCUT2D eigenvalue weighted by molar-refractivity contribution is 1.11. The van der Waals surface area contributed by atoms with Gasteiger partial charge in [0.15, 0.2) is 0 Å². The number of aryl methyl sites for hydroxylation is 1. The van der Waals surface area contributed by atoms with Crippen LogP contribution in [0.3, 0.4) is 0 Å². The molecule has 0 saturated carbocycles. The molecule has 0 fully saturated rings. The van der Waals surface area contributed by atoms with Gasteiger partial charge in [-0.1, -0.05) is 13.0 Å². The van der Waals surface area contributed by atoms with Crippen LogP contribution in [0.1, 0.15) is 18.9 Å². The number of anilines is 1. The van der Waals surface area contributed by atoms with Gasteiger partial charge in [0.2, 0.25) is 0 Å². The molecule has 0 amide bonds.